The number of hydrogen-bond donors (Lipinski definition) is 1. The molecule has 5 heteroatoms. The lowest BCUT2D eigenvalue weighted by molar-refractivity contribution is -0.123. The third-order valence-corrected chi connectivity index (χ3v) is 2.65. The fourth-order valence-electron chi connectivity index (χ4n) is 1.83. The van der Waals surface area contributed by atoms with Crippen LogP contribution in [-0.4, -0.2) is 23.7 Å². The number of aromatic nitrogens is 1. The molecule has 0 atom stereocenters. The van der Waals surface area contributed by atoms with Gasteiger partial charge in [-0.2, -0.15) is 5.10 Å². The minimum Gasteiger partial charge on any atom is -0.484 e. The number of benzene rings is 1. The van der Waals surface area contributed by atoms with Crippen LogP contribution in [0.1, 0.15) is 16.7 Å². The first kappa shape index (κ1) is 14.7. The van der Waals surface area contributed by atoms with Crippen LogP contribution in [0.5, 0.6) is 5.75 Å². The molecule has 1 N–H and O–H groups in total. The second kappa shape index (κ2) is 7.19. The van der Waals surface area contributed by atoms with Crippen LogP contribution in [0.25, 0.3) is 0 Å². The predicted molar refractivity (Wildman–Crippen MR) is 81.4 cm³/mol. The smallest absolute Gasteiger partial charge is 0.277 e. The molecule has 0 bridgehead atoms. The molecular formula is C16H17N3O2. The van der Waals surface area contributed by atoms with E-state index in [9.17, 15) is 4.79 Å². The number of hydrogen-bond acceptors (Lipinski definition) is 4. The number of rotatable bonds is 5. The molecule has 1 heterocycles. The number of ether oxygens (including phenoxy) is 1. The lowest BCUT2D eigenvalue weighted by atomic mass is 10.1. The van der Waals surface area contributed by atoms with E-state index in [0.717, 1.165) is 16.7 Å². The maximum atomic E-state index is 11.6. The summed E-state index contributed by atoms with van der Waals surface area (Å²) in [7, 11) is 0. The molecule has 1 aromatic heterocycles. The van der Waals surface area contributed by atoms with Crippen LogP contribution in [0.3, 0.4) is 0 Å². The van der Waals surface area contributed by atoms with Crippen LogP contribution < -0.4 is 10.2 Å². The third-order valence-electron chi connectivity index (χ3n) is 2.65. The summed E-state index contributed by atoms with van der Waals surface area (Å²) >= 11 is 0. The van der Waals surface area contributed by atoms with E-state index in [0.29, 0.717) is 5.75 Å². The summed E-state index contributed by atoms with van der Waals surface area (Å²) in [5.74, 6) is 0.369. The van der Waals surface area contributed by atoms with E-state index in [1.807, 2.05) is 38.1 Å². The maximum absolute atomic E-state index is 11.6. The van der Waals surface area contributed by atoms with Gasteiger partial charge in [-0.15, -0.1) is 0 Å². The monoisotopic (exact) mass is 283 g/mol. The van der Waals surface area contributed by atoms with E-state index in [1.165, 1.54) is 6.21 Å². The number of carbonyl (C=O) groups excluding carboxylic acids is 1. The molecule has 0 fully saturated rings. The molecule has 0 radical (unpaired) electrons. The highest BCUT2D eigenvalue weighted by Crippen LogP contribution is 2.15. The molecular weight excluding hydrogens is 266 g/mol. The Kier molecular flexibility index (Phi) is 5.04. The fraction of sp³-hybridized carbons (Fsp3) is 0.188. The normalized spacial score (nSPS) is 10.6. The molecule has 0 unspecified atom stereocenters. The lowest BCUT2D eigenvalue weighted by Crippen LogP contribution is -2.24. The van der Waals surface area contributed by atoms with Crippen molar-refractivity contribution in [1.82, 2.24) is 10.4 Å². The second-order valence-electron chi connectivity index (χ2n) is 4.69. The third kappa shape index (κ3) is 5.06. The minimum absolute atomic E-state index is 0.0761. The lowest BCUT2D eigenvalue weighted by Gasteiger charge is -2.07. The summed E-state index contributed by atoms with van der Waals surface area (Å²) < 4.78 is 5.43. The zero-order valence-electron chi connectivity index (χ0n) is 12.0. The van der Waals surface area contributed by atoms with Crippen LogP contribution >= 0.6 is 0 Å². The topological polar surface area (TPSA) is 63.6 Å². The summed E-state index contributed by atoms with van der Waals surface area (Å²) in [5, 5.41) is 3.84. The molecule has 2 rings (SSSR count). The molecule has 0 saturated heterocycles. The molecule has 108 valence electrons. The van der Waals surface area contributed by atoms with Gasteiger partial charge in [0.2, 0.25) is 0 Å². The largest absolute Gasteiger partial charge is 0.484 e. The van der Waals surface area contributed by atoms with Crippen LogP contribution in [0, 0.1) is 13.8 Å². The first-order valence-electron chi connectivity index (χ1n) is 6.56. The Balaban J connectivity index is 1.81. The number of pyridine rings is 1. The van der Waals surface area contributed by atoms with Gasteiger partial charge < -0.3 is 4.74 Å². The first-order valence-corrected chi connectivity index (χ1v) is 6.56. The molecule has 0 aliphatic carbocycles. The minimum atomic E-state index is -0.311. The van der Waals surface area contributed by atoms with Gasteiger partial charge >= 0.3 is 0 Å². The SMILES string of the molecule is Cc1cc(C)cc(OCC(=O)N/N=C\c2cccnc2)c1. The number of nitrogens with one attached hydrogen (secondary N) is 1. The number of aryl methyl sites for hydroxylation is 2. The van der Waals surface area contributed by atoms with Gasteiger partial charge in [0.25, 0.3) is 5.91 Å². The maximum Gasteiger partial charge on any atom is 0.277 e. The van der Waals surface area contributed by atoms with Crippen molar-refractivity contribution in [2.24, 2.45) is 5.10 Å². The van der Waals surface area contributed by atoms with Crippen LogP contribution in [0.2, 0.25) is 0 Å². The fourth-order valence-corrected chi connectivity index (χ4v) is 1.83. The van der Waals surface area contributed by atoms with Gasteiger partial charge in [0.15, 0.2) is 6.61 Å². The van der Waals surface area contributed by atoms with Gasteiger partial charge in [-0.3, -0.25) is 9.78 Å². The summed E-state index contributed by atoms with van der Waals surface area (Å²) in [5.41, 5.74) is 5.42. The van der Waals surface area contributed by atoms with E-state index < -0.39 is 0 Å². The number of carbonyl (C=O) groups is 1. The number of nitrogens with zero attached hydrogens (tertiary/aromatic N) is 2. The first-order chi connectivity index (χ1) is 10.1. The van der Waals surface area contributed by atoms with Crippen LogP contribution in [0.4, 0.5) is 0 Å². The van der Waals surface area contributed by atoms with Gasteiger partial charge in [0, 0.05) is 18.0 Å². The van der Waals surface area contributed by atoms with Crippen molar-refractivity contribution in [3.05, 3.63) is 59.4 Å². The van der Waals surface area contributed by atoms with Gasteiger partial charge in [0.1, 0.15) is 5.75 Å². The molecule has 0 aliphatic heterocycles. The number of amides is 1. The molecule has 1 amide bonds. The Morgan fingerprint density at radius 2 is 2.10 bits per heavy atom. The van der Waals surface area contributed by atoms with Gasteiger partial charge in [-0.1, -0.05) is 12.1 Å². The second-order valence-corrected chi connectivity index (χ2v) is 4.69. The molecule has 1 aromatic carbocycles. The van der Waals surface area contributed by atoms with Crippen molar-refractivity contribution >= 4 is 12.1 Å². The molecule has 2 aromatic rings. The van der Waals surface area contributed by atoms with Gasteiger partial charge in [-0.05, 0) is 43.2 Å². The Morgan fingerprint density at radius 3 is 2.76 bits per heavy atom. The Bertz CT molecular complexity index is 619. The van der Waals surface area contributed by atoms with Crippen molar-refractivity contribution in [2.75, 3.05) is 6.61 Å². The highest BCUT2D eigenvalue weighted by atomic mass is 16.5. The van der Waals surface area contributed by atoms with Crippen LogP contribution in [-0.2, 0) is 4.79 Å². The van der Waals surface area contributed by atoms with Crippen molar-refractivity contribution in [3.63, 3.8) is 0 Å². The summed E-state index contributed by atoms with van der Waals surface area (Å²) in [6, 6.07) is 9.46. The molecule has 0 spiro atoms. The van der Waals surface area contributed by atoms with Gasteiger partial charge in [-0.25, -0.2) is 5.43 Å². The molecule has 21 heavy (non-hydrogen) atoms. The van der Waals surface area contributed by atoms with Crippen molar-refractivity contribution in [3.8, 4) is 5.75 Å². The average molecular weight is 283 g/mol. The van der Waals surface area contributed by atoms with Gasteiger partial charge in [0.05, 0.1) is 6.21 Å². The highest BCUT2D eigenvalue weighted by Gasteiger charge is 2.02. The van der Waals surface area contributed by atoms with Crippen molar-refractivity contribution in [2.45, 2.75) is 13.8 Å². The zero-order valence-corrected chi connectivity index (χ0v) is 12.0. The van der Waals surface area contributed by atoms with Crippen molar-refractivity contribution in [1.29, 1.82) is 0 Å². The van der Waals surface area contributed by atoms with Crippen molar-refractivity contribution < 1.29 is 9.53 Å². The van der Waals surface area contributed by atoms with E-state index in [2.05, 4.69) is 15.5 Å². The quantitative estimate of drug-likeness (QED) is 0.676. The van der Waals surface area contributed by atoms with Crippen LogP contribution in [0.15, 0.2) is 47.8 Å². The predicted octanol–water partition coefficient (Wildman–Crippen LogP) is 2.23. The van der Waals surface area contributed by atoms with E-state index in [-0.39, 0.29) is 12.5 Å². The van der Waals surface area contributed by atoms with E-state index >= 15 is 0 Å². The van der Waals surface area contributed by atoms with E-state index in [1.54, 1.807) is 18.5 Å². The zero-order chi connectivity index (χ0) is 15.1. The standard InChI is InChI=1S/C16H17N3O2/c1-12-6-13(2)8-15(7-12)21-11-16(20)19-18-10-14-4-3-5-17-9-14/h3-10H,11H2,1-2H3,(H,19,20)/b18-10-. The highest BCUT2D eigenvalue weighted by molar-refractivity contribution is 5.82. The summed E-state index contributed by atoms with van der Waals surface area (Å²) in [6.07, 6.45) is 4.86. The average Bonchev–Trinajstić information content (AvgIpc) is 2.45. The molecule has 5 nitrogen and oxygen atoms in total. The number of hydrazone groups is 1. The Morgan fingerprint density at radius 1 is 1.33 bits per heavy atom. The Hall–Kier alpha value is -2.69. The Labute approximate surface area is 123 Å². The van der Waals surface area contributed by atoms with E-state index in [4.69, 9.17) is 4.74 Å². The molecule has 0 saturated carbocycles. The summed E-state index contributed by atoms with van der Waals surface area (Å²) in [6.45, 7) is 3.89. The summed E-state index contributed by atoms with van der Waals surface area (Å²) in [4.78, 5) is 15.6. The molecule has 0 aliphatic rings.